The van der Waals surface area contributed by atoms with E-state index in [9.17, 15) is 9.18 Å². The van der Waals surface area contributed by atoms with Crippen molar-refractivity contribution in [3.05, 3.63) is 89.0 Å². The molecule has 5 rings (SSSR count). The molecule has 0 bridgehead atoms. The maximum absolute atomic E-state index is 13.4. The first-order chi connectivity index (χ1) is 15.6. The summed E-state index contributed by atoms with van der Waals surface area (Å²) in [5.41, 5.74) is 1.20. The van der Waals surface area contributed by atoms with E-state index in [0.717, 1.165) is 11.3 Å². The first-order valence-electron chi connectivity index (χ1n) is 9.99. The second-order valence-corrected chi connectivity index (χ2v) is 6.97. The second-order valence-electron chi connectivity index (χ2n) is 6.97. The summed E-state index contributed by atoms with van der Waals surface area (Å²) in [4.78, 5) is 17.5. The van der Waals surface area contributed by atoms with Crippen LogP contribution in [0.25, 0.3) is 39.4 Å². The smallest absolute Gasteiger partial charge is 0.279 e. The van der Waals surface area contributed by atoms with Crippen LogP contribution in [-0.4, -0.2) is 26.5 Å². The molecule has 5 aromatic rings. The average molecular weight is 428 g/mol. The summed E-state index contributed by atoms with van der Waals surface area (Å²) in [7, 11) is 0. The summed E-state index contributed by atoms with van der Waals surface area (Å²) in [5.74, 6) is 0.896. The standard InChI is InChI=1S/C24H17FN4O3/c1-2-31-18-13-7-15(8-14-18)22-26-23(32-28-22)21-19-5-3-4-6-20(19)24(30)29(27-21)17-11-9-16(25)10-12-17/h3-14H,2H2,1H3. The van der Waals surface area contributed by atoms with Crippen molar-refractivity contribution in [2.75, 3.05) is 6.61 Å². The summed E-state index contributed by atoms with van der Waals surface area (Å²) in [6.45, 7) is 2.50. The number of halogens is 1. The Morgan fingerprint density at radius 1 is 0.969 bits per heavy atom. The van der Waals surface area contributed by atoms with Crippen LogP contribution in [0.4, 0.5) is 4.39 Å². The van der Waals surface area contributed by atoms with Gasteiger partial charge in [-0.2, -0.15) is 14.8 Å². The van der Waals surface area contributed by atoms with Gasteiger partial charge in [0.05, 0.1) is 17.7 Å². The van der Waals surface area contributed by atoms with Crippen LogP contribution in [0, 0.1) is 5.82 Å². The van der Waals surface area contributed by atoms with Crippen LogP contribution >= 0.6 is 0 Å². The third kappa shape index (κ3) is 3.51. The lowest BCUT2D eigenvalue weighted by Crippen LogP contribution is -2.22. The highest BCUT2D eigenvalue weighted by atomic mass is 19.1. The fraction of sp³-hybridized carbons (Fsp3) is 0.0833. The number of nitrogens with zero attached hydrogens (tertiary/aromatic N) is 4. The summed E-state index contributed by atoms with van der Waals surface area (Å²) in [5, 5.41) is 9.57. The Morgan fingerprint density at radius 2 is 1.69 bits per heavy atom. The maximum Gasteiger partial charge on any atom is 0.279 e. The molecule has 0 saturated carbocycles. The van der Waals surface area contributed by atoms with Gasteiger partial charge in [-0.15, -0.1) is 0 Å². The van der Waals surface area contributed by atoms with Gasteiger partial charge in [-0.25, -0.2) is 4.39 Å². The van der Waals surface area contributed by atoms with Crippen LogP contribution in [0.3, 0.4) is 0 Å². The third-order valence-corrected chi connectivity index (χ3v) is 4.93. The van der Waals surface area contributed by atoms with Crippen LogP contribution in [0.1, 0.15) is 6.92 Å². The van der Waals surface area contributed by atoms with Crippen molar-refractivity contribution in [2.24, 2.45) is 0 Å². The molecule has 0 saturated heterocycles. The van der Waals surface area contributed by atoms with E-state index in [-0.39, 0.29) is 11.4 Å². The highest BCUT2D eigenvalue weighted by Gasteiger charge is 2.19. The molecule has 158 valence electrons. The minimum absolute atomic E-state index is 0.168. The molecule has 0 N–H and O–H groups in total. The van der Waals surface area contributed by atoms with Gasteiger partial charge in [0.25, 0.3) is 11.4 Å². The zero-order valence-electron chi connectivity index (χ0n) is 17.0. The molecule has 0 spiro atoms. The van der Waals surface area contributed by atoms with E-state index in [1.165, 1.54) is 28.9 Å². The Bertz CT molecular complexity index is 1460. The van der Waals surface area contributed by atoms with Gasteiger partial charge in [0.2, 0.25) is 5.82 Å². The topological polar surface area (TPSA) is 83.0 Å². The quantitative estimate of drug-likeness (QED) is 0.406. The van der Waals surface area contributed by atoms with Gasteiger partial charge in [-0.3, -0.25) is 4.79 Å². The van der Waals surface area contributed by atoms with E-state index in [1.807, 2.05) is 31.2 Å². The molecule has 0 aliphatic heterocycles. The van der Waals surface area contributed by atoms with E-state index in [2.05, 4.69) is 15.2 Å². The minimum Gasteiger partial charge on any atom is -0.494 e. The molecule has 3 aromatic carbocycles. The lowest BCUT2D eigenvalue weighted by atomic mass is 10.1. The fourth-order valence-corrected chi connectivity index (χ4v) is 3.41. The maximum atomic E-state index is 13.4. The molecule has 8 heteroatoms. The Hall–Kier alpha value is -4.33. The third-order valence-electron chi connectivity index (χ3n) is 4.93. The molecule has 0 atom stereocenters. The summed E-state index contributed by atoms with van der Waals surface area (Å²) in [6.07, 6.45) is 0. The van der Waals surface area contributed by atoms with Gasteiger partial charge in [0.15, 0.2) is 5.69 Å². The van der Waals surface area contributed by atoms with Crippen molar-refractivity contribution >= 4 is 10.8 Å². The lowest BCUT2D eigenvalue weighted by molar-refractivity contribution is 0.340. The summed E-state index contributed by atoms with van der Waals surface area (Å²) < 4.78 is 25.6. The van der Waals surface area contributed by atoms with E-state index in [1.54, 1.807) is 24.3 Å². The van der Waals surface area contributed by atoms with Gasteiger partial charge < -0.3 is 9.26 Å². The van der Waals surface area contributed by atoms with E-state index >= 15 is 0 Å². The van der Waals surface area contributed by atoms with Crippen LogP contribution in [0.15, 0.2) is 82.1 Å². The van der Waals surface area contributed by atoms with Crippen molar-refractivity contribution in [1.29, 1.82) is 0 Å². The zero-order chi connectivity index (χ0) is 22.1. The van der Waals surface area contributed by atoms with Crippen molar-refractivity contribution in [2.45, 2.75) is 6.92 Å². The predicted molar refractivity (Wildman–Crippen MR) is 117 cm³/mol. The predicted octanol–water partition coefficient (Wildman–Crippen LogP) is 4.64. The second kappa shape index (κ2) is 8.07. The first-order valence-corrected chi connectivity index (χ1v) is 9.99. The number of rotatable bonds is 5. The molecule has 2 heterocycles. The van der Waals surface area contributed by atoms with Gasteiger partial charge in [-0.05, 0) is 61.5 Å². The minimum atomic E-state index is -0.403. The van der Waals surface area contributed by atoms with E-state index in [0.29, 0.717) is 34.6 Å². The molecule has 7 nitrogen and oxygen atoms in total. The molecule has 0 aliphatic rings. The molecule has 0 aliphatic carbocycles. The molecule has 32 heavy (non-hydrogen) atoms. The van der Waals surface area contributed by atoms with Crippen molar-refractivity contribution in [3.63, 3.8) is 0 Å². The zero-order valence-corrected chi connectivity index (χ0v) is 17.0. The Morgan fingerprint density at radius 3 is 2.41 bits per heavy atom. The van der Waals surface area contributed by atoms with Crippen LogP contribution < -0.4 is 10.3 Å². The van der Waals surface area contributed by atoms with Crippen molar-refractivity contribution < 1.29 is 13.7 Å². The molecule has 2 aromatic heterocycles. The number of benzene rings is 3. The number of hydrogen-bond acceptors (Lipinski definition) is 6. The Labute approximate surface area is 181 Å². The van der Waals surface area contributed by atoms with Crippen molar-refractivity contribution in [1.82, 2.24) is 19.9 Å². The number of aromatic nitrogens is 4. The monoisotopic (exact) mass is 428 g/mol. The molecular weight excluding hydrogens is 411 g/mol. The molecule has 0 radical (unpaired) electrons. The van der Waals surface area contributed by atoms with Gasteiger partial charge in [0, 0.05) is 10.9 Å². The number of fused-ring (bicyclic) bond motifs is 1. The fourth-order valence-electron chi connectivity index (χ4n) is 3.41. The largest absolute Gasteiger partial charge is 0.494 e. The Kier molecular flexibility index (Phi) is 4.95. The van der Waals surface area contributed by atoms with Crippen LogP contribution in [0.5, 0.6) is 5.75 Å². The van der Waals surface area contributed by atoms with Crippen LogP contribution in [-0.2, 0) is 0 Å². The highest BCUT2D eigenvalue weighted by molar-refractivity contribution is 5.92. The molecular formula is C24H17FN4O3. The molecule has 0 amide bonds. The molecule has 0 fully saturated rings. The first kappa shape index (κ1) is 19.6. The van der Waals surface area contributed by atoms with Crippen molar-refractivity contribution in [3.8, 4) is 34.4 Å². The summed E-state index contributed by atoms with van der Waals surface area (Å²) in [6, 6.07) is 19.9. The van der Waals surface area contributed by atoms with E-state index in [4.69, 9.17) is 9.26 Å². The number of hydrogen-bond donors (Lipinski definition) is 0. The Balaban J connectivity index is 1.63. The van der Waals surface area contributed by atoms with Gasteiger partial charge in [0.1, 0.15) is 11.6 Å². The van der Waals surface area contributed by atoms with Crippen LogP contribution in [0.2, 0.25) is 0 Å². The van der Waals surface area contributed by atoms with Gasteiger partial charge in [-0.1, -0.05) is 23.4 Å². The summed E-state index contributed by atoms with van der Waals surface area (Å²) >= 11 is 0. The number of ether oxygens (including phenoxy) is 1. The molecule has 0 unspecified atom stereocenters. The van der Waals surface area contributed by atoms with E-state index < -0.39 is 5.82 Å². The SMILES string of the molecule is CCOc1ccc(-c2noc(-c3nn(-c4ccc(F)cc4)c(=O)c4ccccc34)n2)cc1. The highest BCUT2D eigenvalue weighted by Crippen LogP contribution is 2.27. The van der Waals surface area contributed by atoms with Gasteiger partial charge >= 0.3 is 0 Å². The average Bonchev–Trinajstić information content (AvgIpc) is 3.31. The normalized spacial score (nSPS) is 11.1. The lowest BCUT2D eigenvalue weighted by Gasteiger charge is -2.09.